The fraction of sp³-hybridized carbons (Fsp3) is 0.455. The lowest BCUT2D eigenvalue weighted by Gasteiger charge is -2.37. The average Bonchev–Trinajstić information content (AvgIpc) is 2.07. The Morgan fingerprint density at radius 1 is 1.21 bits per heavy atom. The van der Waals surface area contributed by atoms with Crippen molar-refractivity contribution < 1.29 is 13.9 Å². The number of aliphatic hydroxyl groups is 1. The monoisotopic (exact) mass is 198 g/mol. The van der Waals surface area contributed by atoms with Gasteiger partial charge in [-0.3, -0.25) is 0 Å². The molecule has 0 radical (unpaired) electrons. The van der Waals surface area contributed by atoms with Crippen molar-refractivity contribution in [2.75, 3.05) is 0 Å². The van der Waals surface area contributed by atoms with E-state index in [-0.39, 0.29) is 5.56 Å². The van der Waals surface area contributed by atoms with Gasteiger partial charge in [0.1, 0.15) is 11.6 Å². The van der Waals surface area contributed by atoms with Crippen molar-refractivity contribution in [1.82, 2.24) is 0 Å². The molecule has 0 saturated heterocycles. The Labute approximate surface area is 81.4 Å². The van der Waals surface area contributed by atoms with Crippen LogP contribution in [0.4, 0.5) is 8.78 Å². The fourth-order valence-corrected chi connectivity index (χ4v) is 1.79. The van der Waals surface area contributed by atoms with Gasteiger partial charge < -0.3 is 5.11 Å². The van der Waals surface area contributed by atoms with Gasteiger partial charge in [0.2, 0.25) is 0 Å². The summed E-state index contributed by atoms with van der Waals surface area (Å²) in [5.74, 6) is -1.20. The van der Waals surface area contributed by atoms with Crippen LogP contribution in [0.3, 0.4) is 0 Å². The molecule has 1 aromatic carbocycles. The van der Waals surface area contributed by atoms with Gasteiger partial charge in [0.25, 0.3) is 0 Å². The molecule has 1 saturated carbocycles. The summed E-state index contributed by atoms with van der Waals surface area (Å²) in [6.45, 7) is 1.57. The van der Waals surface area contributed by atoms with Crippen LogP contribution in [0.1, 0.15) is 30.4 Å². The Kier molecular flexibility index (Phi) is 2.07. The van der Waals surface area contributed by atoms with Crippen molar-refractivity contribution in [2.45, 2.75) is 31.8 Å². The number of hydrogen-bond donors (Lipinski definition) is 1. The zero-order valence-corrected chi connectivity index (χ0v) is 7.98. The molecule has 0 heterocycles. The highest BCUT2D eigenvalue weighted by Gasteiger charge is 2.38. The molecule has 76 valence electrons. The highest BCUT2D eigenvalue weighted by Crippen LogP contribution is 2.42. The summed E-state index contributed by atoms with van der Waals surface area (Å²) in [5, 5.41) is 9.92. The third-order valence-corrected chi connectivity index (χ3v) is 2.93. The summed E-state index contributed by atoms with van der Waals surface area (Å²) in [5.41, 5.74) is -0.438. The molecule has 1 aliphatic rings. The molecule has 1 nitrogen and oxygen atoms in total. The first-order valence-electron chi connectivity index (χ1n) is 4.71. The molecule has 1 fully saturated rings. The maximum Gasteiger partial charge on any atom is 0.132 e. The average molecular weight is 198 g/mol. The van der Waals surface area contributed by atoms with Crippen LogP contribution in [0.5, 0.6) is 0 Å². The van der Waals surface area contributed by atoms with Crippen molar-refractivity contribution in [3.8, 4) is 0 Å². The molecule has 0 unspecified atom stereocenters. The predicted octanol–water partition coefficient (Wildman–Crippen LogP) is 2.64. The molecule has 14 heavy (non-hydrogen) atoms. The second kappa shape index (κ2) is 3.02. The number of hydrogen-bond acceptors (Lipinski definition) is 1. The molecule has 0 bridgehead atoms. The van der Waals surface area contributed by atoms with Crippen LogP contribution in [0.25, 0.3) is 0 Å². The molecule has 0 aliphatic heterocycles. The molecule has 1 N–H and O–H groups in total. The topological polar surface area (TPSA) is 20.2 Å². The Hall–Kier alpha value is -0.960. The molecular formula is C11H12F2O. The number of benzene rings is 1. The molecule has 1 aliphatic carbocycles. The van der Waals surface area contributed by atoms with E-state index >= 15 is 0 Å². The normalized spacial score (nSPS) is 19.1. The summed E-state index contributed by atoms with van der Waals surface area (Å²) in [4.78, 5) is 0. The largest absolute Gasteiger partial charge is 0.385 e. The Morgan fingerprint density at radius 3 is 2.36 bits per heavy atom. The van der Waals surface area contributed by atoms with Crippen LogP contribution in [0, 0.1) is 18.6 Å². The molecule has 0 aromatic heterocycles. The van der Waals surface area contributed by atoms with Gasteiger partial charge in [0.05, 0.1) is 5.60 Å². The van der Waals surface area contributed by atoms with Gasteiger partial charge in [-0.05, 0) is 37.8 Å². The lowest BCUT2D eigenvalue weighted by Crippen LogP contribution is -2.34. The quantitative estimate of drug-likeness (QED) is 0.735. The van der Waals surface area contributed by atoms with Crippen LogP contribution < -0.4 is 0 Å². The van der Waals surface area contributed by atoms with Crippen molar-refractivity contribution in [2.24, 2.45) is 0 Å². The Balaban J connectivity index is 2.48. The number of rotatable bonds is 1. The summed E-state index contributed by atoms with van der Waals surface area (Å²) in [6, 6.07) is 2.25. The minimum absolute atomic E-state index is 0.239. The van der Waals surface area contributed by atoms with Crippen LogP contribution in [0.2, 0.25) is 0 Å². The third-order valence-electron chi connectivity index (χ3n) is 2.93. The standard InChI is InChI=1S/C11H12F2O/c1-7-5-8(10(13)6-9(7)12)11(14)3-2-4-11/h5-6,14H,2-4H2,1H3. The molecule has 1 aromatic rings. The summed E-state index contributed by atoms with van der Waals surface area (Å²) in [7, 11) is 0. The highest BCUT2D eigenvalue weighted by atomic mass is 19.1. The second-order valence-electron chi connectivity index (χ2n) is 3.97. The van der Waals surface area contributed by atoms with E-state index in [1.165, 1.54) is 6.07 Å². The Morgan fingerprint density at radius 2 is 1.86 bits per heavy atom. The van der Waals surface area contributed by atoms with E-state index in [2.05, 4.69) is 0 Å². The Bertz CT molecular complexity index is 370. The SMILES string of the molecule is Cc1cc(C2(O)CCC2)c(F)cc1F. The third kappa shape index (κ3) is 1.32. The lowest BCUT2D eigenvalue weighted by atomic mass is 9.74. The molecule has 0 spiro atoms. The zero-order chi connectivity index (χ0) is 10.3. The smallest absolute Gasteiger partial charge is 0.132 e. The second-order valence-corrected chi connectivity index (χ2v) is 3.97. The predicted molar refractivity (Wildman–Crippen MR) is 48.8 cm³/mol. The van der Waals surface area contributed by atoms with E-state index in [0.717, 1.165) is 12.5 Å². The van der Waals surface area contributed by atoms with E-state index in [0.29, 0.717) is 18.4 Å². The summed E-state index contributed by atoms with van der Waals surface area (Å²) < 4.78 is 26.3. The van der Waals surface area contributed by atoms with Crippen molar-refractivity contribution in [3.63, 3.8) is 0 Å². The fourth-order valence-electron chi connectivity index (χ4n) is 1.79. The molecular weight excluding hydrogens is 186 g/mol. The molecule has 0 amide bonds. The molecule has 0 atom stereocenters. The first-order valence-corrected chi connectivity index (χ1v) is 4.71. The molecule has 2 rings (SSSR count). The van der Waals surface area contributed by atoms with E-state index < -0.39 is 17.2 Å². The zero-order valence-electron chi connectivity index (χ0n) is 7.98. The van der Waals surface area contributed by atoms with Gasteiger partial charge in [-0.15, -0.1) is 0 Å². The van der Waals surface area contributed by atoms with Gasteiger partial charge in [-0.1, -0.05) is 0 Å². The van der Waals surface area contributed by atoms with Gasteiger partial charge in [0, 0.05) is 11.6 Å². The van der Waals surface area contributed by atoms with Crippen molar-refractivity contribution in [1.29, 1.82) is 0 Å². The van der Waals surface area contributed by atoms with Crippen molar-refractivity contribution in [3.05, 3.63) is 34.9 Å². The first kappa shape index (κ1) is 9.59. The maximum atomic E-state index is 13.3. The minimum Gasteiger partial charge on any atom is -0.385 e. The van der Waals surface area contributed by atoms with Gasteiger partial charge in [-0.2, -0.15) is 0 Å². The minimum atomic E-state index is -1.05. The van der Waals surface area contributed by atoms with E-state index in [1.54, 1.807) is 6.92 Å². The number of halogens is 2. The first-order chi connectivity index (χ1) is 6.53. The molecule has 3 heteroatoms. The van der Waals surface area contributed by atoms with Gasteiger partial charge in [-0.25, -0.2) is 8.78 Å². The maximum absolute atomic E-state index is 13.3. The van der Waals surface area contributed by atoms with Crippen LogP contribution in [-0.4, -0.2) is 5.11 Å². The van der Waals surface area contributed by atoms with Crippen LogP contribution >= 0.6 is 0 Å². The van der Waals surface area contributed by atoms with Crippen LogP contribution in [0.15, 0.2) is 12.1 Å². The van der Waals surface area contributed by atoms with E-state index in [9.17, 15) is 13.9 Å². The van der Waals surface area contributed by atoms with Gasteiger partial charge >= 0.3 is 0 Å². The van der Waals surface area contributed by atoms with Crippen LogP contribution in [-0.2, 0) is 5.60 Å². The summed E-state index contributed by atoms with van der Waals surface area (Å²) in [6.07, 6.45) is 2.02. The lowest BCUT2D eigenvalue weighted by molar-refractivity contribution is -0.0417. The summed E-state index contributed by atoms with van der Waals surface area (Å²) >= 11 is 0. The van der Waals surface area contributed by atoms with E-state index in [4.69, 9.17) is 0 Å². The van der Waals surface area contributed by atoms with Crippen molar-refractivity contribution >= 4 is 0 Å². The van der Waals surface area contributed by atoms with E-state index in [1.807, 2.05) is 0 Å². The van der Waals surface area contributed by atoms with Gasteiger partial charge in [0.15, 0.2) is 0 Å². The number of aryl methyl sites for hydroxylation is 1. The highest BCUT2D eigenvalue weighted by molar-refractivity contribution is 5.31.